The van der Waals surface area contributed by atoms with Gasteiger partial charge in [0.2, 0.25) is 5.91 Å². The second-order valence-electron chi connectivity index (χ2n) is 1.48. The summed E-state index contributed by atoms with van der Waals surface area (Å²) in [6.07, 6.45) is -1.18. The highest BCUT2D eigenvalue weighted by Gasteiger charge is 2.12. The largest absolute Gasteiger partial charge is 0.371 e. The fourth-order valence-corrected chi connectivity index (χ4v) is 0.397. The zero-order valence-corrected chi connectivity index (χ0v) is 6.28. The lowest BCUT2D eigenvalue weighted by atomic mass is 10.6. The van der Waals surface area contributed by atoms with E-state index in [1.807, 2.05) is 0 Å². The van der Waals surface area contributed by atoms with Crippen LogP contribution in [0.3, 0.4) is 0 Å². The molecule has 0 bridgehead atoms. The van der Waals surface area contributed by atoms with Gasteiger partial charge in [0.1, 0.15) is 0 Å². The van der Waals surface area contributed by atoms with Gasteiger partial charge in [-0.2, -0.15) is 0 Å². The lowest BCUT2D eigenvalue weighted by Crippen LogP contribution is -2.37. The fourth-order valence-electron chi connectivity index (χ4n) is 0.271. The second-order valence-corrected chi connectivity index (χ2v) is 2.64. The molecule has 0 saturated heterocycles. The number of hydrogen-bond donors (Lipinski definition) is 2. The minimum Gasteiger partial charge on any atom is -0.371 e. The minimum atomic E-state index is -1.18. The van der Waals surface area contributed by atoms with Crippen molar-refractivity contribution in [2.24, 2.45) is 0 Å². The maximum atomic E-state index is 10.2. The molecule has 0 aliphatic heterocycles. The number of hydrogen-bond acceptors (Lipinski definition) is 2. The molecule has 0 unspecified atom stereocenters. The molecule has 0 aliphatic carbocycles. The molecule has 1 amide bonds. The van der Waals surface area contributed by atoms with E-state index in [9.17, 15) is 4.79 Å². The molecule has 1 atom stereocenters. The van der Waals surface area contributed by atoms with E-state index in [1.165, 1.54) is 6.92 Å². The molecule has 0 heterocycles. The first-order chi connectivity index (χ1) is 4.04. The van der Waals surface area contributed by atoms with Crippen LogP contribution in [0.15, 0.2) is 0 Å². The Kier molecular flexibility index (Phi) is 3.93. The highest BCUT2D eigenvalue weighted by atomic mass is 35.5. The van der Waals surface area contributed by atoms with Gasteiger partial charge in [-0.25, -0.2) is 0 Å². The fraction of sp³-hybridized carbons (Fsp3) is 0.750. The highest BCUT2D eigenvalue weighted by molar-refractivity contribution is 6.44. The molecule has 9 heavy (non-hydrogen) atoms. The number of alkyl halides is 2. The molecule has 0 aromatic carbocycles. The van der Waals surface area contributed by atoms with Gasteiger partial charge in [0.15, 0.2) is 11.1 Å². The lowest BCUT2D eigenvalue weighted by Gasteiger charge is -2.10. The maximum absolute atomic E-state index is 10.2. The van der Waals surface area contributed by atoms with Crippen molar-refractivity contribution in [1.29, 1.82) is 0 Å². The lowest BCUT2D eigenvalue weighted by molar-refractivity contribution is -0.121. The summed E-state index contributed by atoms with van der Waals surface area (Å²) in [5, 5.41) is 10.8. The zero-order chi connectivity index (χ0) is 7.44. The zero-order valence-electron chi connectivity index (χ0n) is 4.77. The summed E-state index contributed by atoms with van der Waals surface area (Å²) in [6, 6.07) is 0. The average molecular weight is 172 g/mol. The molecule has 5 heteroatoms. The van der Waals surface area contributed by atoms with Crippen molar-refractivity contribution in [3.8, 4) is 0 Å². The predicted molar refractivity (Wildman–Crippen MR) is 35.3 cm³/mol. The summed E-state index contributed by atoms with van der Waals surface area (Å²) in [7, 11) is 0. The van der Waals surface area contributed by atoms with Gasteiger partial charge in [0.05, 0.1) is 0 Å². The van der Waals surface area contributed by atoms with Crippen LogP contribution < -0.4 is 5.32 Å². The smallest absolute Gasteiger partial charge is 0.218 e. The maximum Gasteiger partial charge on any atom is 0.218 e. The molecular formula is C4H7Cl2NO2. The van der Waals surface area contributed by atoms with E-state index < -0.39 is 11.1 Å². The Hall–Kier alpha value is 0.01000. The normalized spacial score (nSPS) is 13.4. The summed E-state index contributed by atoms with van der Waals surface area (Å²) >= 11 is 10.3. The minimum absolute atomic E-state index is 0.367. The molecule has 0 fully saturated rings. The van der Waals surface area contributed by atoms with Crippen molar-refractivity contribution in [2.45, 2.75) is 18.0 Å². The van der Waals surface area contributed by atoms with Gasteiger partial charge < -0.3 is 10.4 Å². The molecule has 3 nitrogen and oxygen atoms in total. The Morgan fingerprint density at radius 2 is 2.11 bits per heavy atom. The molecule has 0 radical (unpaired) electrons. The van der Waals surface area contributed by atoms with Gasteiger partial charge in [-0.05, 0) is 0 Å². The Bertz CT molecular complexity index is 107. The first-order valence-corrected chi connectivity index (χ1v) is 3.14. The van der Waals surface area contributed by atoms with Crippen LogP contribution in [-0.2, 0) is 4.79 Å². The van der Waals surface area contributed by atoms with Crippen LogP contribution in [0.5, 0.6) is 0 Å². The summed E-state index contributed by atoms with van der Waals surface area (Å²) in [5.41, 5.74) is 0. The third-order valence-corrected chi connectivity index (χ3v) is 1.07. The number of rotatable bonds is 2. The van der Waals surface area contributed by atoms with E-state index in [-0.39, 0.29) is 5.91 Å². The molecule has 0 rings (SSSR count). The number of nitrogens with one attached hydrogen (secondary N) is 1. The third-order valence-electron chi connectivity index (χ3n) is 0.590. The number of carbonyl (C=O) groups is 1. The van der Waals surface area contributed by atoms with Crippen LogP contribution in [0.4, 0.5) is 0 Å². The van der Waals surface area contributed by atoms with E-state index in [0.29, 0.717) is 0 Å². The van der Waals surface area contributed by atoms with E-state index in [2.05, 4.69) is 5.32 Å². The van der Waals surface area contributed by atoms with Gasteiger partial charge in [0.25, 0.3) is 0 Å². The van der Waals surface area contributed by atoms with Crippen LogP contribution in [0.1, 0.15) is 6.92 Å². The van der Waals surface area contributed by atoms with Crippen LogP contribution in [-0.4, -0.2) is 22.1 Å². The van der Waals surface area contributed by atoms with E-state index >= 15 is 0 Å². The topological polar surface area (TPSA) is 49.3 Å². The van der Waals surface area contributed by atoms with Crippen molar-refractivity contribution >= 4 is 29.1 Å². The van der Waals surface area contributed by atoms with Crippen LogP contribution in [0, 0.1) is 0 Å². The van der Waals surface area contributed by atoms with Crippen LogP contribution in [0.25, 0.3) is 0 Å². The van der Waals surface area contributed by atoms with Gasteiger partial charge in [-0.1, -0.05) is 0 Å². The third kappa shape index (κ3) is 4.51. The average Bonchev–Trinajstić information content (AvgIpc) is 1.63. The molecular weight excluding hydrogens is 165 g/mol. The predicted octanol–water partition coefficient (Wildman–Crippen LogP) is 0.245. The Balaban J connectivity index is 3.50. The molecule has 0 aromatic rings. The summed E-state index contributed by atoms with van der Waals surface area (Å²) in [6.45, 7) is 1.26. The molecule has 0 spiro atoms. The van der Waals surface area contributed by atoms with Crippen LogP contribution in [0.2, 0.25) is 0 Å². The van der Waals surface area contributed by atoms with Crippen molar-refractivity contribution in [3.05, 3.63) is 0 Å². The molecule has 0 aromatic heterocycles. The first kappa shape index (κ1) is 9.01. The number of halogens is 2. The molecule has 54 valence electrons. The number of amides is 1. The van der Waals surface area contributed by atoms with Crippen LogP contribution >= 0.6 is 23.2 Å². The van der Waals surface area contributed by atoms with E-state index in [1.54, 1.807) is 0 Å². The number of aliphatic hydroxyl groups excluding tert-OH is 1. The van der Waals surface area contributed by atoms with Gasteiger partial charge in [0, 0.05) is 6.92 Å². The molecule has 2 N–H and O–H groups in total. The Morgan fingerprint density at radius 1 is 1.67 bits per heavy atom. The van der Waals surface area contributed by atoms with Gasteiger partial charge in [-0.3, -0.25) is 4.79 Å². The summed E-state index contributed by atoms with van der Waals surface area (Å²) in [4.78, 5) is 9.19. The van der Waals surface area contributed by atoms with Crippen molar-refractivity contribution < 1.29 is 9.90 Å². The van der Waals surface area contributed by atoms with Gasteiger partial charge >= 0.3 is 0 Å². The number of aliphatic hydroxyl groups is 1. The van der Waals surface area contributed by atoms with Crippen molar-refractivity contribution in [1.82, 2.24) is 5.32 Å². The van der Waals surface area contributed by atoms with Gasteiger partial charge in [-0.15, -0.1) is 23.2 Å². The standard InChI is InChI=1S/C4H7Cl2NO2/c1-2(8)7-4(9)3(5)6/h3-4,9H,1H3,(H,7,8)/t4-/m1/s1. The Labute approximate surface area is 62.9 Å². The quantitative estimate of drug-likeness (QED) is 0.463. The second kappa shape index (κ2) is 3.93. The number of carbonyl (C=O) groups excluding carboxylic acids is 1. The monoisotopic (exact) mass is 171 g/mol. The molecule has 0 aliphatic rings. The van der Waals surface area contributed by atoms with Crippen molar-refractivity contribution in [2.75, 3.05) is 0 Å². The van der Waals surface area contributed by atoms with E-state index in [4.69, 9.17) is 28.3 Å². The first-order valence-electron chi connectivity index (χ1n) is 2.27. The van der Waals surface area contributed by atoms with Crippen molar-refractivity contribution in [3.63, 3.8) is 0 Å². The summed E-state index contributed by atoms with van der Waals surface area (Å²) in [5.74, 6) is -0.367. The highest BCUT2D eigenvalue weighted by Crippen LogP contribution is 2.04. The summed E-state index contributed by atoms with van der Waals surface area (Å²) < 4.78 is 0. The SMILES string of the molecule is CC(=O)N[C@H](O)C(Cl)Cl. The Morgan fingerprint density at radius 3 is 2.22 bits per heavy atom. The van der Waals surface area contributed by atoms with E-state index in [0.717, 1.165) is 0 Å². The molecule has 0 saturated carbocycles.